The maximum atomic E-state index is 13.8. The molecular weight excluding hydrogens is 213 g/mol. The number of benzene rings is 2. The summed E-state index contributed by atoms with van der Waals surface area (Å²) in [5.41, 5.74) is 2.96. The zero-order valence-corrected chi connectivity index (χ0v) is 10.1. The zero-order chi connectivity index (χ0) is 12.3. The first-order valence-corrected chi connectivity index (χ1v) is 5.71. The highest BCUT2D eigenvalue weighted by Crippen LogP contribution is 2.26. The summed E-state index contributed by atoms with van der Waals surface area (Å²) in [6.45, 7) is 2.04. The third-order valence-corrected chi connectivity index (χ3v) is 3.00. The van der Waals surface area contributed by atoms with Gasteiger partial charge in [0, 0.05) is 5.56 Å². The van der Waals surface area contributed by atoms with Crippen LogP contribution >= 0.6 is 0 Å². The molecule has 0 aliphatic rings. The van der Waals surface area contributed by atoms with Gasteiger partial charge >= 0.3 is 0 Å². The monoisotopic (exact) mass is 229 g/mol. The average Bonchev–Trinajstić information content (AvgIpc) is 2.34. The summed E-state index contributed by atoms with van der Waals surface area (Å²) in [6, 6.07) is 14.8. The number of rotatable bonds is 3. The van der Waals surface area contributed by atoms with E-state index >= 15 is 0 Å². The lowest BCUT2D eigenvalue weighted by atomic mass is 9.95. The van der Waals surface area contributed by atoms with Gasteiger partial charge in [0.25, 0.3) is 0 Å². The normalized spacial score (nSPS) is 12.4. The van der Waals surface area contributed by atoms with Crippen molar-refractivity contribution >= 4 is 0 Å². The molecule has 2 aromatic rings. The van der Waals surface area contributed by atoms with E-state index in [1.807, 2.05) is 50.4 Å². The van der Waals surface area contributed by atoms with Crippen LogP contribution in [0.2, 0.25) is 0 Å². The summed E-state index contributed by atoms with van der Waals surface area (Å²) >= 11 is 0. The van der Waals surface area contributed by atoms with E-state index in [9.17, 15) is 4.39 Å². The van der Waals surface area contributed by atoms with Crippen molar-refractivity contribution in [2.24, 2.45) is 0 Å². The predicted octanol–water partition coefficient (Wildman–Crippen LogP) is 3.44. The largest absolute Gasteiger partial charge is 0.309 e. The van der Waals surface area contributed by atoms with E-state index in [2.05, 4.69) is 5.32 Å². The van der Waals surface area contributed by atoms with Gasteiger partial charge in [-0.2, -0.15) is 0 Å². The predicted molar refractivity (Wildman–Crippen MR) is 68.5 cm³/mol. The van der Waals surface area contributed by atoms with Gasteiger partial charge in [-0.15, -0.1) is 0 Å². The van der Waals surface area contributed by atoms with Gasteiger partial charge in [-0.3, -0.25) is 0 Å². The number of halogens is 1. The highest BCUT2D eigenvalue weighted by Gasteiger charge is 2.16. The molecule has 2 rings (SSSR count). The molecule has 0 aliphatic carbocycles. The van der Waals surface area contributed by atoms with Crippen molar-refractivity contribution in [3.8, 4) is 0 Å². The smallest absolute Gasteiger partial charge is 0.128 e. The molecule has 88 valence electrons. The summed E-state index contributed by atoms with van der Waals surface area (Å²) in [7, 11) is 1.85. The second-order valence-corrected chi connectivity index (χ2v) is 4.10. The molecule has 2 heteroatoms. The van der Waals surface area contributed by atoms with Crippen LogP contribution < -0.4 is 5.32 Å². The minimum absolute atomic E-state index is 0.0996. The Balaban J connectivity index is 2.48. The molecule has 0 fully saturated rings. The molecular formula is C15H16FN. The van der Waals surface area contributed by atoms with Crippen LogP contribution in [0, 0.1) is 12.7 Å². The van der Waals surface area contributed by atoms with E-state index < -0.39 is 0 Å². The first-order valence-electron chi connectivity index (χ1n) is 5.71. The van der Waals surface area contributed by atoms with E-state index in [1.54, 1.807) is 6.07 Å². The second kappa shape index (κ2) is 5.11. The van der Waals surface area contributed by atoms with Crippen LogP contribution in [-0.2, 0) is 0 Å². The quantitative estimate of drug-likeness (QED) is 0.850. The van der Waals surface area contributed by atoms with E-state index in [1.165, 1.54) is 6.07 Å². The highest BCUT2D eigenvalue weighted by atomic mass is 19.1. The summed E-state index contributed by atoms with van der Waals surface area (Å²) in [5.74, 6) is -0.171. The van der Waals surface area contributed by atoms with Crippen molar-refractivity contribution in [2.75, 3.05) is 7.05 Å². The number of nitrogens with one attached hydrogen (secondary N) is 1. The van der Waals surface area contributed by atoms with Crippen molar-refractivity contribution in [3.63, 3.8) is 0 Å². The molecule has 1 unspecified atom stereocenters. The fraction of sp³-hybridized carbons (Fsp3) is 0.200. The molecule has 1 nitrogen and oxygen atoms in total. The molecule has 0 amide bonds. The lowest BCUT2D eigenvalue weighted by Crippen LogP contribution is -2.19. The summed E-state index contributed by atoms with van der Waals surface area (Å²) < 4.78 is 13.8. The highest BCUT2D eigenvalue weighted by molar-refractivity contribution is 5.37. The Morgan fingerprint density at radius 1 is 0.941 bits per heavy atom. The molecule has 0 aromatic heterocycles. The van der Waals surface area contributed by atoms with Crippen LogP contribution in [0.1, 0.15) is 22.7 Å². The van der Waals surface area contributed by atoms with Gasteiger partial charge in [-0.25, -0.2) is 4.39 Å². The Morgan fingerprint density at radius 2 is 1.53 bits per heavy atom. The lowest BCUT2D eigenvalue weighted by molar-refractivity contribution is 0.575. The minimum atomic E-state index is -0.171. The number of hydrogen-bond acceptors (Lipinski definition) is 1. The number of aryl methyl sites for hydroxylation is 1. The second-order valence-electron chi connectivity index (χ2n) is 4.10. The molecule has 2 aromatic carbocycles. The molecule has 17 heavy (non-hydrogen) atoms. The van der Waals surface area contributed by atoms with Gasteiger partial charge in [-0.05, 0) is 31.2 Å². The van der Waals surface area contributed by atoms with Gasteiger partial charge in [0.2, 0.25) is 0 Å². The molecule has 0 spiro atoms. The Morgan fingerprint density at radius 3 is 2.12 bits per heavy atom. The van der Waals surface area contributed by atoms with E-state index in [-0.39, 0.29) is 11.9 Å². The molecule has 0 bridgehead atoms. The molecule has 0 heterocycles. The van der Waals surface area contributed by atoms with Crippen LogP contribution in [0.3, 0.4) is 0 Å². The lowest BCUT2D eigenvalue weighted by Gasteiger charge is -2.19. The fourth-order valence-corrected chi connectivity index (χ4v) is 2.10. The van der Waals surface area contributed by atoms with Crippen molar-refractivity contribution in [3.05, 3.63) is 71.0 Å². The van der Waals surface area contributed by atoms with Crippen LogP contribution in [0.15, 0.2) is 48.5 Å². The Hall–Kier alpha value is -1.67. The van der Waals surface area contributed by atoms with Crippen molar-refractivity contribution in [1.29, 1.82) is 0 Å². The van der Waals surface area contributed by atoms with E-state index in [0.29, 0.717) is 5.56 Å². The maximum absolute atomic E-state index is 13.8. The minimum Gasteiger partial charge on any atom is -0.309 e. The molecule has 0 saturated heterocycles. The third-order valence-electron chi connectivity index (χ3n) is 3.00. The Bertz CT molecular complexity index is 462. The van der Waals surface area contributed by atoms with Gasteiger partial charge in [0.15, 0.2) is 0 Å². The zero-order valence-electron chi connectivity index (χ0n) is 10.1. The topological polar surface area (TPSA) is 12.0 Å². The Labute approximate surface area is 101 Å². The van der Waals surface area contributed by atoms with Crippen LogP contribution in [0.25, 0.3) is 0 Å². The standard InChI is InChI=1S/C15H16FN/c1-11-7-3-4-8-12(11)15(17-2)13-9-5-6-10-14(13)16/h3-10,15,17H,1-2H3. The van der Waals surface area contributed by atoms with Crippen LogP contribution in [0.4, 0.5) is 4.39 Å². The van der Waals surface area contributed by atoms with Crippen molar-refractivity contribution in [1.82, 2.24) is 5.32 Å². The number of hydrogen-bond donors (Lipinski definition) is 1. The van der Waals surface area contributed by atoms with Crippen LogP contribution in [0.5, 0.6) is 0 Å². The van der Waals surface area contributed by atoms with Gasteiger partial charge in [0.05, 0.1) is 6.04 Å². The van der Waals surface area contributed by atoms with Gasteiger partial charge < -0.3 is 5.32 Å². The molecule has 0 saturated carbocycles. The van der Waals surface area contributed by atoms with Crippen molar-refractivity contribution in [2.45, 2.75) is 13.0 Å². The average molecular weight is 229 g/mol. The third kappa shape index (κ3) is 2.37. The SMILES string of the molecule is CNC(c1ccccc1C)c1ccccc1F. The Kier molecular flexibility index (Phi) is 3.55. The van der Waals surface area contributed by atoms with E-state index in [4.69, 9.17) is 0 Å². The first kappa shape index (κ1) is 11.8. The fourth-order valence-electron chi connectivity index (χ4n) is 2.10. The summed E-state index contributed by atoms with van der Waals surface area (Å²) in [5, 5.41) is 3.18. The van der Waals surface area contributed by atoms with Gasteiger partial charge in [0.1, 0.15) is 5.82 Å². The molecule has 1 atom stereocenters. The molecule has 1 N–H and O–H groups in total. The first-order chi connectivity index (χ1) is 8.24. The molecule has 0 radical (unpaired) electrons. The summed E-state index contributed by atoms with van der Waals surface area (Å²) in [6.07, 6.45) is 0. The van der Waals surface area contributed by atoms with Gasteiger partial charge in [-0.1, -0.05) is 42.5 Å². The maximum Gasteiger partial charge on any atom is 0.128 e. The van der Waals surface area contributed by atoms with Crippen molar-refractivity contribution < 1.29 is 4.39 Å². The van der Waals surface area contributed by atoms with E-state index in [0.717, 1.165) is 11.1 Å². The molecule has 0 aliphatic heterocycles. The van der Waals surface area contributed by atoms with Crippen LogP contribution in [-0.4, -0.2) is 7.05 Å². The summed E-state index contributed by atoms with van der Waals surface area (Å²) in [4.78, 5) is 0.